The predicted molar refractivity (Wildman–Crippen MR) is 148 cm³/mol. The predicted octanol–water partition coefficient (Wildman–Crippen LogP) is 4.10. The molecule has 2 saturated heterocycles. The number of nitrogens with two attached hydrogens (primary N) is 1. The molecular weight excluding hydrogens is 462 g/mol. The maximum Gasteiger partial charge on any atom is 0.254 e. The first-order valence-electron chi connectivity index (χ1n) is 14.0. The zero-order chi connectivity index (χ0) is 26.3. The fourth-order valence-electron chi connectivity index (χ4n) is 5.97. The third kappa shape index (κ3) is 7.42. The number of nitrogens with one attached hydrogen (secondary N) is 2. The summed E-state index contributed by atoms with van der Waals surface area (Å²) in [4.78, 5) is 27.2. The molecule has 37 heavy (non-hydrogen) atoms. The van der Waals surface area contributed by atoms with Crippen molar-refractivity contribution in [2.45, 2.75) is 65.5 Å². The lowest BCUT2D eigenvalue weighted by Gasteiger charge is -2.47. The minimum atomic E-state index is -0.145. The SMILES string of the molecule is CCC(CC)CN1CCC2(CCN(Cc3ccc(C(=O)N(CC(=N)N)Cc4ncc[nH]4)cc3)CC2)CC1. The minimum Gasteiger partial charge on any atom is -0.386 e. The van der Waals surface area contributed by atoms with E-state index in [0.29, 0.717) is 16.8 Å². The molecule has 8 nitrogen and oxygen atoms in total. The lowest BCUT2D eigenvalue weighted by molar-refractivity contribution is 0.0273. The average Bonchev–Trinajstić information content (AvgIpc) is 3.42. The zero-order valence-electron chi connectivity index (χ0n) is 22.7. The van der Waals surface area contributed by atoms with Crippen molar-refractivity contribution in [3.63, 3.8) is 0 Å². The van der Waals surface area contributed by atoms with E-state index in [1.807, 2.05) is 12.1 Å². The highest BCUT2D eigenvalue weighted by Crippen LogP contribution is 2.41. The first kappa shape index (κ1) is 27.3. The molecule has 2 aliphatic rings. The fraction of sp³-hybridized carbons (Fsp3) is 0.621. The van der Waals surface area contributed by atoms with Crippen molar-refractivity contribution in [2.24, 2.45) is 17.1 Å². The molecule has 0 aliphatic carbocycles. The van der Waals surface area contributed by atoms with Gasteiger partial charge in [-0.2, -0.15) is 0 Å². The second-order valence-corrected chi connectivity index (χ2v) is 11.2. The van der Waals surface area contributed by atoms with Gasteiger partial charge in [0.05, 0.1) is 13.1 Å². The van der Waals surface area contributed by atoms with Crippen LogP contribution in [-0.2, 0) is 13.1 Å². The summed E-state index contributed by atoms with van der Waals surface area (Å²) in [7, 11) is 0. The molecule has 0 saturated carbocycles. The molecule has 4 rings (SSSR count). The van der Waals surface area contributed by atoms with Crippen molar-refractivity contribution in [2.75, 3.05) is 39.3 Å². The van der Waals surface area contributed by atoms with E-state index in [1.165, 1.54) is 63.7 Å². The number of hydrogen-bond acceptors (Lipinski definition) is 5. The van der Waals surface area contributed by atoms with Crippen molar-refractivity contribution in [3.8, 4) is 0 Å². The average molecular weight is 508 g/mol. The standard InChI is InChI=1S/C29H45N7O/c1-3-23(4-2)19-34-15-9-29(10-16-34)11-17-35(18-12-29)20-24-5-7-25(8-6-24)28(37)36(21-26(30)31)22-27-32-13-14-33-27/h5-8,13-14,23H,3-4,9-12,15-22H2,1-2H3,(H3,30,31)(H,32,33). The number of amidine groups is 1. The molecule has 1 spiro atoms. The van der Waals surface area contributed by atoms with E-state index in [-0.39, 0.29) is 24.8 Å². The number of nitrogens with zero attached hydrogens (tertiary/aromatic N) is 4. The highest BCUT2D eigenvalue weighted by atomic mass is 16.2. The summed E-state index contributed by atoms with van der Waals surface area (Å²) in [6, 6.07) is 7.92. The van der Waals surface area contributed by atoms with E-state index in [0.717, 1.165) is 25.6 Å². The fourth-order valence-corrected chi connectivity index (χ4v) is 5.97. The van der Waals surface area contributed by atoms with Gasteiger partial charge in [-0.3, -0.25) is 15.1 Å². The summed E-state index contributed by atoms with van der Waals surface area (Å²) in [5, 5.41) is 7.66. The zero-order valence-corrected chi connectivity index (χ0v) is 22.7. The van der Waals surface area contributed by atoms with Gasteiger partial charge < -0.3 is 20.5 Å². The summed E-state index contributed by atoms with van der Waals surface area (Å²) in [6.45, 7) is 12.1. The van der Waals surface area contributed by atoms with Gasteiger partial charge in [0.25, 0.3) is 5.91 Å². The Labute approximate surface area is 222 Å². The first-order valence-corrected chi connectivity index (χ1v) is 14.0. The molecule has 0 radical (unpaired) electrons. The van der Waals surface area contributed by atoms with Gasteiger partial charge in [-0.25, -0.2) is 4.98 Å². The number of aromatic nitrogens is 2. The van der Waals surface area contributed by atoms with Crippen molar-refractivity contribution < 1.29 is 4.79 Å². The smallest absolute Gasteiger partial charge is 0.254 e. The number of carbonyl (C=O) groups excluding carboxylic acids is 1. The largest absolute Gasteiger partial charge is 0.386 e. The van der Waals surface area contributed by atoms with Crippen molar-refractivity contribution in [3.05, 3.63) is 53.6 Å². The highest BCUT2D eigenvalue weighted by molar-refractivity contribution is 5.96. The van der Waals surface area contributed by atoms with E-state index in [2.05, 4.69) is 45.7 Å². The number of likely N-dealkylation sites (tertiary alicyclic amines) is 2. The van der Waals surface area contributed by atoms with Crippen LogP contribution >= 0.6 is 0 Å². The van der Waals surface area contributed by atoms with Gasteiger partial charge in [-0.05, 0) is 80.9 Å². The molecule has 0 atom stereocenters. The lowest BCUT2D eigenvalue weighted by Crippen LogP contribution is -2.47. The number of H-pyrrole nitrogens is 1. The Balaban J connectivity index is 1.26. The van der Waals surface area contributed by atoms with Crippen molar-refractivity contribution in [1.29, 1.82) is 5.41 Å². The Hall–Kier alpha value is -2.71. The summed E-state index contributed by atoms with van der Waals surface area (Å²) < 4.78 is 0. The quantitative estimate of drug-likeness (QED) is 0.314. The van der Waals surface area contributed by atoms with Gasteiger partial charge in [0.2, 0.25) is 0 Å². The molecule has 8 heteroatoms. The minimum absolute atomic E-state index is 0.0452. The molecular formula is C29H45N7O. The molecule has 202 valence electrons. The van der Waals surface area contributed by atoms with Crippen LogP contribution < -0.4 is 5.73 Å². The summed E-state index contributed by atoms with van der Waals surface area (Å²) in [5.74, 6) is 1.33. The molecule has 2 fully saturated rings. The molecule has 4 N–H and O–H groups in total. The second kappa shape index (κ2) is 12.7. The first-order chi connectivity index (χ1) is 17.9. The molecule has 2 aliphatic heterocycles. The van der Waals surface area contributed by atoms with Crippen LogP contribution in [0.4, 0.5) is 0 Å². The third-order valence-corrected chi connectivity index (χ3v) is 8.66. The molecule has 2 aromatic rings. The van der Waals surface area contributed by atoms with Crippen LogP contribution in [0.25, 0.3) is 0 Å². The summed E-state index contributed by atoms with van der Waals surface area (Å²) in [6.07, 6.45) is 11.3. The molecule has 1 aromatic carbocycles. The number of benzene rings is 1. The summed E-state index contributed by atoms with van der Waals surface area (Å²) in [5.41, 5.74) is 7.99. The number of amides is 1. The Kier molecular flexibility index (Phi) is 9.38. The second-order valence-electron chi connectivity index (χ2n) is 11.2. The number of imidazole rings is 1. The van der Waals surface area contributed by atoms with E-state index in [4.69, 9.17) is 11.1 Å². The van der Waals surface area contributed by atoms with Crippen LogP contribution in [0.15, 0.2) is 36.7 Å². The summed E-state index contributed by atoms with van der Waals surface area (Å²) >= 11 is 0. The maximum atomic E-state index is 13.1. The van der Waals surface area contributed by atoms with Crippen LogP contribution in [0.1, 0.15) is 74.1 Å². The van der Waals surface area contributed by atoms with Gasteiger partial charge in [-0.1, -0.05) is 38.8 Å². The van der Waals surface area contributed by atoms with Crippen LogP contribution in [0.2, 0.25) is 0 Å². The van der Waals surface area contributed by atoms with Crippen LogP contribution in [0.3, 0.4) is 0 Å². The van der Waals surface area contributed by atoms with Gasteiger partial charge in [0.1, 0.15) is 11.7 Å². The van der Waals surface area contributed by atoms with E-state index < -0.39 is 0 Å². The van der Waals surface area contributed by atoms with Crippen LogP contribution in [0, 0.1) is 16.7 Å². The lowest BCUT2D eigenvalue weighted by atomic mass is 9.71. The number of hydrogen-bond donors (Lipinski definition) is 3. The number of piperidine rings is 2. The third-order valence-electron chi connectivity index (χ3n) is 8.66. The highest BCUT2D eigenvalue weighted by Gasteiger charge is 2.37. The normalized spacial score (nSPS) is 18.4. The Bertz CT molecular complexity index is 982. The monoisotopic (exact) mass is 507 g/mol. The van der Waals surface area contributed by atoms with Gasteiger partial charge in [0, 0.05) is 31.0 Å². The Morgan fingerprint density at radius 1 is 1.08 bits per heavy atom. The van der Waals surface area contributed by atoms with Crippen LogP contribution in [-0.4, -0.2) is 75.7 Å². The van der Waals surface area contributed by atoms with Crippen molar-refractivity contribution >= 4 is 11.7 Å². The maximum absolute atomic E-state index is 13.1. The van der Waals surface area contributed by atoms with E-state index in [9.17, 15) is 4.79 Å². The molecule has 1 amide bonds. The van der Waals surface area contributed by atoms with E-state index in [1.54, 1.807) is 17.3 Å². The molecule has 1 aromatic heterocycles. The number of aromatic amines is 1. The topological polar surface area (TPSA) is 105 Å². The van der Waals surface area contributed by atoms with Gasteiger partial charge in [-0.15, -0.1) is 0 Å². The van der Waals surface area contributed by atoms with Gasteiger partial charge in [0.15, 0.2) is 0 Å². The van der Waals surface area contributed by atoms with Gasteiger partial charge >= 0.3 is 0 Å². The van der Waals surface area contributed by atoms with E-state index >= 15 is 0 Å². The number of rotatable bonds is 11. The Morgan fingerprint density at radius 3 is 2.24 bits per heavy atom. The van der Waals surface area contributed by atoms with Crippen LogP contribution in [0.5, 0.6) is 0 Å². The molecule has 0 bridgehead atoms. The van der Waals surface area contributed by atoms with Crippen molar-refractivity contribution in [1.82, 2.24) is 24.7 Å². The number of carbonyl (C=O) groups is 1. The molecule has 0 unspecified atom stereocenters. The molecule has 3 heterocycles. The Morgan fingerprint density at radius 2 is 1.70 bits per heavy atom.